The summed E-state index contributed by atoms with van der Waals surface area (Å²) >= 11 is 0. The van der Waals surface area contributed by atoms with Crippen LogP contribution in [0.1, 0.15) is 36.5 Å². The molecule has 0 fully saturated rings. The monoisotopic (exact) mass is 292 g/mol. The number of benzene rings is 1. The number of unbranched alkanes of at least 4 members (excludes halogenated alkanes) is 1. The van der Waals surface area contributed by atoms with Gasteiger partial charge < -0.3 is 15.4 Å². The average molecular weight is 292 g/mol. The first-order valence-electron chi connectivity index (χ1n) is 6.82. The molecule has 2 amide bonds. The van der Waals surface area contributed by atoms with Crippen molar-refractivity contribution in [2.45, 2.75) is 26.2 Å². The van der Waals surface area contributed by atoms with Crippen LogP contribution in [0.4, 0.5) is 5.69 Å². The highest BCUT2D eigenvalue weighted by atomic mass is 16.5. The number of carbonyl (C=O) groups excluding carboxylic acids is 3. The molecule has 114 valence electrons. The lowest BCUT2D eigenvalue weighted by Gasteiger charge is -2.10. The van der Waals surface area contributed by atoms with Gasteiger partial charge in [-0.2, -0.15) is 0 Å². The summed E-state index contributed by atoms with van der Waals surface area (Å²) in [7, 11) is 1.27. The molecule has 1 aromatic carbocycles. The molecule has 21 heavy (non-hydrogen) atoms. The van der Waals surface area contributed by atoms with Gasteiger partial charge in [0.25, 0.3) is 0 Å². The first-order valence-corrected chi connectivity index (χ1v) is 6.82. The molecule has 0 saturated carbocycles. The number of rotatable bonds is 7. The van der Waals surface area contributed by atoms with E-state index in [-0.39, 0.29) is 18.0 Å². The summed E-state index contributed by atoms with van der Waals surface area (Å²) in [5, 5.41) is 5.12. The fourth-order valence-electron chi connectivity index (χ4n) is 1.68. The third-order valence-corrected chi connectivity index (χ3v) is 2.81. The number of ether oxygens (including phenoxy) is 1. The maximum absolute atomic E-state index is 11.8. The lowest BCUT2D eigenvalue weighted by molar-refractivity contribution is -0.124. The van der Waals surface area contributed by atoms with E-state index >= 15 is 0 Å². The van der Waals surface area contributed by atoms with Gasteiger partial charge in [-0.05, 0) is 18.6 Å². The van der Waals surface area contributed by atoms with Crippen LogP contribution in [0.25, 0.3) is 0 Å². The minimum atomic E-state index is -0.530. The number of nitrogens with one attached hydrogen (secondary N) is 2. The number of hydrogen-bond acceptors (Lipinski definition) is 4. The maximum Gasteiger partial charge on any atom is 0.339 e. The smallest absolute Gasteiger partial charge is 0.339 e. The summed E-state index contributed by atoms with van der Waals surface area (Å²) in [5.74, 6) is -1.08. The molecule has 6 heteroatoms. The zero-order valence-corrected chi connectivity index (χ0v) is 12.3. The Balaban J connectivity index is 2.55. The molecule has 2 N–H and O–H groups in total. The van der Waals surface area contributed by atoms with Gasteiger partial charge in [-0.1, -0.05) is 25.5 Å². The average Bonchev–Trinajstić information content (AvgIpc) is 2.50. The molecule has 0 unspecified atom stereocenters. The number of hydrogen-bond donors (Lipinski definition) is 2. The molecule has 0 aliphatic rings. The van der Waals surface area contributed by atoms with Crippen LogP contribution in [-0.4, -0.2) is 31.4 Å². The second kappa shape index (κ2) is 8.73. The van der Waals surface area contributed by atoms with Crippen LogP contribution in [0, 0.1) is 0 Å². The van der Waals surface area contributed by atoms with Crippen molar-refractivity contribution in [3.8, 4) is 0 Å². The van der Waals surface area contributed by atoms with Crippen molar-refractivity contribution in [1.82, 2.24) is 5.32 Å². The van der Waals surface area contributed by atoms with Crippen LogP contribution in [0.15, 0.2) is 24.3 Å². The summed E-state index contributed by atoms with van der Waals surface area (Å²) in [6, 6.07) is 6.53. The van der Waals surface area contributed by atoms with Crippen molar-refractivity contribution in [1.29, 1.82) is 0 Å². The zero-order chi connectivity index (χ0) is 15.7. The number of esters is 1. The van der Waals surface area contributed by atoms with Crippen molar-refractivity contribution in [3.63, 3.8) is 0 Å². The second-order valence-electron chi connectivity index (χ2n) is 4.47. The molecular formula is C15H20N2O4. The molecule has 0 bridgehead atoms. The van der Waals surface area contributed by atoms with Crippen LogP contribution in [0.5, 0.6) is 0 Å². The molecule has 0 atom stereocenters. The minimum absolute atomic E-state index is 0.127. The Bertz CT molecular complexity index is 514. The molecule has 0 aliphatic carbocycles. The van der Waals surface area contributed by atoms with Crippen molar-refractivity contribution in [2.75, 3.05) is 19.0 Å². The Labute approximate surface area is 123 Å². The molecular weight excluding hydrogens is 272 g/mol. The highest BCUT2D eigenvalue weighted by Gasteiger charge is 2.13. The summed E-state index contributed by atoms with van der Waals surface area (Å²) in [4.78, 5) is 34.7. The summed E-state index contributed by atoms with van der Waals surface area (Å²) < 4.78 is 4.64. The van der Waals surface area contributed by atoms with Gasteiger partial charge >= 0.3 is 5.97 Å². The molecule has 6 nitrogen and oxygen atoms in total. The van der Waals surface area contributed by atoms with Crippen LogP contribution in [0.2, 0.25) is 0 Å². The Hall–Kier alpha value is -2.37. The predicted molar refractivity (Wildman–Crippen MR) is 78.9 cm³/mol. The molecule has 1 aromatic rings. The van der Waals surface area contributed by atoms with Crippen molar-refractivity contribution < 1.29 is 19.1 Å². The third-order valence-electron chi connectivity index (χ3n) is 2.81. The maximum atomic E-state index is 11.8. The van der Waals surface area contributed by atoms with Gasteiger partial charge in [0.1, 0.15) is 0 Å². The van der Waals surface area contributed by atoms with Gasteiger partial charge in [0, 0.05) is 6.42 Å². The van der Waals surface area contributed by atoms with Crippen LogP contribution in [0.3, 0.4) is 0 Å². The SMILES string of the molecule is CCCCC(=O)NCC(=O)Nc1ccccc1C(=O)OC. The number of methoxy groups -OCH3 is 1. The third kappa shape index (κ3) is 5.64. The minimum Gasteiger partial charge on any atom is -0.465 e. The predicted octanol–water partition coefficient (Wildman–Crippen LogP) is 1.72. The lowest BCUT2D eigenvalue weighted by atomic mass is 10.2. The van der Waals surface area contributed by atoms with Gasteiger partial charge in [-0.3, -0.25) is 9.59 Å². The van der Waals surface area contributed by atoms with Crippen LogP contribution < -0.4 is 10.6 Å². The standard InChI is InChI=1S/C15H20N2O4/c1-3-4-9-13(18)16-10-14(19)17-12-8-6-5-7-11(12)15(20)21-2/h5-8H,3-4,9-10H2,1-2H3,(H,16,18)(H,17,19). The molecule has 0 aliphatic heterocycles. The van der Waals surface area contributed by atoms with E-state index in [1.165, 1.54) is 7.11 Å². The van der Waals surface area contributed by atoms with E-state index in [9.17, 15) is 14.4 Å². The first kappa shape index (κ1) is 16.7. The van der Waals surface area contributed by atoms with E-state index in [4.69, 9.17) is 0 Å². The van der Waals surface area contributed by atoms with Crippen LogP contribution in [-0.2, 0) is 14.3 Å². The van der Waals surface area contributed by atoms with Gasteiger partial charge in [0.2, 0.25) is 11.8 Å². The fourth-order valence-corrected chi connectivity index (χ4v) is 1.68. The number of amides is 2. The molecule has 1 rings (SSSR count). The molecule has 0 radical (unpaired) electrons. The summed E-state index contributed by atoms with van der Waals surface area (Å²) in [6.07, 6.45) is 2.12. The molecule has 0 saturated heterocycles. The molecule has 0 spiro atoms. The van der Waals surface area contributed by atoms with Gasteiger partial charge in [0.05, 0.1) is 24.9 Å². The van der Waals surface area contributed by atoms with Gasteiger partial charge in [-0.25, -0.2) is 4.79 Å². The van der Waals surface area contributed by atoms with Crippen LogP contribution >= 0.6 is 0 Å². The Morgan fingerprint density at radius 2 is 1.86 bits per heavy atom. The lowest BCUT2D eigenvalue weighted by Crippen LogP contribution is -2.33. The highest BCUT2D eigenvalue weighted by molar-refractivity contribution is 6.02. The quantitative estimate of drug-likeness (QED) is 0.749. The van der Waals surface area contributed by atoms with Crippen molar-refractivity contribution in [3.05, 3.63) is 29.8 Å². The van der Waals surface area contributed by atoms with E-state index in [0.717, 1.165) is 12.8 Å². The van der Waals surface area contributed by atoms with E-state index in [1.807, 2.05) is 6.92 Å². The topological polar surface area (TPSA) is 84.5 Å². The van der Waals surface area contributed by atoms with Crippen molar-refractivity contribution >= 4 is 23.5 Å². The highest BCUT2D eigenvalue weighted by Crippen LogP contribution is 2.15. The number of para-hydroxylation sites is 1. The number of anilines is 1. The molecule has 0 aromatic heterocycles. The summed E-state index contributed by atoms with van der Waals surface area (Å²) in [5.41, 5.74) is 0.628. The second-order valence-corrected chi connectivity index (χ2v) is 4.47. The Kier molecular flexibility index (Phi) is 6.94. The Morgan fingerprint density at radius 3 is 2.52 bits per heavy atom. The van der Waals surface area contributed by atoms with E-state index in [0.29, 0.717) is 12.1 Å². The van der Waals surface area contributed by atoms with Crippen molar-refractivity contribution in [2.24, 2.45) is 0 Å². The largest absolute Gasteiger partial charge is 0.465 e. The fraction of sp³-hybridized carbons (Fsp3) is 0.400. The first-order chi connectivity index (χ1) is 10.1. The van der Waals surface area contributed by atoms with Gasteiger partial charge in [-0.15, -0.1) is 0 Å². The normalized spacial score (nSPS) is 9.81. The Morgan fingerprint density at radius 1 is 1.14 bits per heavy atom. The van der Waals surface area contributed by atoms with E-state index in [1.54, 1.807) is 24.3 Å². The zero-order valence-electron chi connectivity index (χ0n) is 12.3. The number of carbonyl (C=O) groups is 3. The van der Waals surface area contributed by atoms with E-state index < -0.39 is 11.9 Å². The van der Waals surface area contributed by atoms with E-state index in [2.05, 4.69) is 15.4 Å². The molecule has 0 heterocycles. The van der Waals surface area contributed by atoms with Gasteiger partial charge in [0.15, 0.2) is 0 Å². The summed E-state index contributed by atoms with van der Waals surface area (Å²) in [6.45, 7) is 1.86.